The molecule has 20 N–H and O–H groups in total. The molecule has 5 aromatic carbocycles. The van der Waals surface area contributed by atoms with Gasteiger partial charge in [0, 0.05) is 39.6 Å². The number of aliphatic carboxylic acids is 1. The number of nitrogens with two attached hydrogens (primary N) is 2. The molecule has 10 unspecified atom stereocenters. The summed E-state index contributed by atoms with van der Waals surface area (Å²) in [7, 11) is 1.47. The number of carbonyl (C=O) groups is 8. The monoisotopic (exact) mass is 1470 g/mol. The summed E-state index contributed by atoms with van der Waals surface area (Å²) in [4.78, 5) is 120. The van der Waals surface area contributed by atoms with E-state index >= 15 is 14.4 Å². The molecule has 7 aliphatic rings. The molecule has 0 spiro atoms. The quantitative estimate of drug-likeness (QED) is 0.0425. The van der Waals surface area contributed by atoms with Crippen LogP contribution in [0.1, 0.15) is 105 Å². The largest absolute Gasteiger partial charge is 0.508 e. The number of likely N-dealkylation sites (N-methyl/N-ethyl adjacent to an activating group) is 1. The maximum atomic E-state index is 16.1. The number of nitrogens with one attached hydrogen (secondary N) is 7. The molecule has 37 heteroatoms. The highest BCUT2D eigenvalue weighted by atomic mass is 35.5. The van der Waals surface area contributed by atoms with Gasteiger partial charge in [0.25, 0.3) is 0 Å². The second-order valence-electron chi connectivity index (χ2n) is 25.9. The van der Waals surface area contributed by atoms with Gasteiger partial charge in [-0.3, -0.25) is 33.6 Å². The lowest BCUT2D eigenvalue weighted by Gasteiger charge is -2.47. The summed E-state index contributed by atoms with van der Waals surface area (Å²) in [6.07, 6.45) is -18.7. The van der Waals surface area contributed by atoms with Gasteiger partial charge in [-0.1, -0.05) is 60.4 Å². The van der Waals surface area contributed by atoms with Crippen molar-refractivity contribution in [3.8, 4) is 57.1 Å². The van der Waals surface area contributed by atoms with Crippen molar-refractivity contribution < 1.29 is 113 Å². The molecule has 7 amide bonds. The van der Waals surface area contributed by atoms with Crippen LogP contribution in [-0.4, -0.2) is 186 Å². The molecule has 103 heavy (non-hydrogen) atoms. The van der Waals surface area contributed by atoms with Crippen LogP contribution in [0.15, 0.2) is 84.0 Å². The number of aromatic hydroxyl groups is 3. The molecule has 2 fully saturated rings. The molecule has 550 valence electrons. The van der Waals surface area contributed by atoms with Gasteiger partial charge in [0.1, 0.15) is 83.4 Å². The average molecular weight is 1470 g/mol. The average Bonchev–Trinajstić information content (AvgIpc) is 0.771. The smallest absolute Gasteiger partial charge is 0.330 e. The van der Waals surface area contributed by atoms with Crippen LogP contribution in [0.3, 0.4) is 0 Å². The third kappa shape index (κ3) is 16.3. The van der Waals surface area contributed by atoms with Crippen molar-refractivity contribution in [1.82, 2.24) is 37.2 Å². The van der Waals surface area contributed by atoms with Gasteiger partial charge in [-0.2, -0.15) is 0 Å². The van der Waals surface area contributed by atoms with Gasteiger partial charge in [-0.15, -0.1) is 0 Å². The number of hydrogen-bond donors (Lipinski definition) is 18. The first-order chi connectivity index (χ1) is 48.7. The molecule has 0 saturated carbocycles. The van der Waals surface area contributed by atoms with Gasteiger partial charge in [0.05, 0.1) is 47.4 Å². The van der Waals surface area contributed by atoms with Gasteiger partial charge in [0.15, 0.2) is 29.9 Å². The lowest BCUT2D eigenvalue weighted by Crippen LogP contribution is -2.64. The number of carbonyl (C=O) groups excluding carboxylic acids is 7. The number of carboxylic acids is 1. The maximum Gasteiger partial charge on any atom is 0.330 e. The van der Waals surface area contributed by atoms with Crippen molar-refractivity contribution >= 4 is 70.5 Å². The predicted octanol–water partition coefficient (Wildman–Crippen LogP) is 1.42. The van der Waals surface area contributed by atoms with Crippen molar-refractivity contribution in [2.24, 2.45) is 22.5 Å². The number of carboxylic acid groups (broad SMARTS) is 1. The number of azide groups is 1. The first-order valence-corrected chi connectivity index (χ1v) is 32.8. The van der Waals surface area contributed by atoms with E-state index in [9.17, 15) is 75.5 Å². The Balaban J connectivity index is 1.25. The Kier molecular flexibility index (Phi) is 22.8. The second-order valence-corrected chi connectivity index (χ2v) is 26.8. The number of phenols is 3. The summed E-state index contributed by atoms with van der Waals surface area (Å²) in [5.41, 5.74) is 17.4. The molecular weight excluding hydrogens is 1400 g/mol. The molecule has 0 radical (unpaired) electrons. The van der Waals surface area contributed by atoms with Gasteiger partial charge in [0.2, 0.25) is 53.4 Å². The minimum atomic E-state index is -2.36. The van der Waals surface area contributed by atoms with E-state index < -0.39 is 237 Å². The Morgan fingerprint density at radius 2 is 1.36 bits per heavy atom. The molecule has 11 bridgehead atoms. The normalized spacial score (nSPS) is 29.0. The number of primary amides is 1. The topological polar surface area (TPSA) is 559 Å². The Hall–Kier alpha value is -9.85. The number of halogens is 2. The van der Waals surface area contributed by atoms with E-state index in [0.29, 0.717) is 0 Å². The van der Waals surface area contributed by atoms with Crippen LogP contribution in [0, 0.1) is 5.92 Å². The van der Waals surface area contributed by atoms with E-state index in [1.54, 1.807) is 0 Å². The van der Waals surface area contributed by atoms with Gasteiger partial charge in [-0.05, 0) is 116 Å². The highest BCUT2D eigenvalue weighted by Crippen LogP contribution is 2.50. The standard InChI is InChI=1S/C66H74Cl2N12O23/c1-23(2)12-34(72-5)58(90)78-49-51(85)26-7-10-38(32(67)14-26)99-40-16-28-17-41(55(40)103-65-56(54(88)53(87)42(101-65)22-73-80-71)102-44-21-66(4,70)57(89)24(3)98-44)100-39-11-8-27(15-33(39)68)52(86)50-63(95)77-48(64(96)97)31-18-29(81)19-37(83)45(31)30-13-25(6-9-36(30)82)46(60(92)79-50)76-61(93)47(28)75-59(91)35(20-43(69)84)74-62(49)94/h6-11,13-19,23-24,34-35,42,44,46-54,56-57,65,72,81-83,85-89H,12,20-22,70H2,1-5H3,(H2,69,84)(H,74,94)(H,75,91)(H,76,93)(H,77,95)(H,78,90)(H,79,92)(H,96,97)/t24?,34-,35+,42?,44?,46?,47-,48+,49-,50+,51-,52-,53?,54?,56?,57?,65?,66?/m1/s1. The number of fused-ring (bicyclic) bond motifs is 15. The van der Waals surface area contributed by atoms with Gasteiger partial charge >= 0.3 is 5.97 Å². The highest BCUT2D eigenvalue weighted by Gasteiger charge is 2.51. The molecule has 5 aromatic rings. The van der Waals surface area contributed by atoms with E-state index in [2.05, 4.69) is 47.2 Å². The third-order valence-electron chi connectivity index (χ3n) is 17.9. The number of aliphatic hydroxyl groups excluding tert-OH is 5. The van der Waals surface area contributed by atoms with Gasteiger partial charge in [-0.25, -0.2) is 4.79 Å². The predicted molar refractivity (Wildman–Crippen MR) is 356 cm³/mol. The zero-order valence-corrected chi connectivity index (χ0v) is 56.7. The zero-order valence-electron chi connectivity index (χ0n) is 55.2. The molecule has 0 aliphatic carbocycles. The Labute approximate surface area is 594 Å². The fourth-order valence-corrected chi connectivity index (χ4v) is 13.1. The Bertz CT molecular complexity index is 4220. The molecule has 7 aliphatic heterocycles. The van der Waals surface area contributed by atoms with Crippen molar-refractivity contribution in [2.45, 2.75) is 156 Å². The number of ether oxygens (including phenoxy) is 6. The first kappa shape index (κ1) is 75.8. The van der Waals surface area contributed by atoms with E-state index in [1.165, 1.54) is 33.0 Å². The number of aliphatic hydroxyl groups is 5. The summed E-state index contributed by atoms with van der Waals surface area (Å²) in [6, 6.07) is -0.810. The van der Waals surface area contributed by atoms with Crippen LogP contribution in [0.4, 0.5) is 0 Å². The summed E-state index contributed by atoms with van der Waals surface area (Å²) >= 11 is 14.1. The minimum Gasteiger partial charge on any atom is -0.508 e. The third-order valence-corrected chi connectivity index (χ3v) is 18.5. The van der Waals surface area contributed by atoms with E-state index in [0.717, 1.165) is 66.7 Å². The lowest BCUT2D eigenvalue weighted by atomic mass is 9.86. The van der Waals surface area contributed by atoms with Crippen LogP contribution in [0.5, 0.6) is 46.0 Å². The molecule has 35 nitrogen and oxygen atoms in total. The molecule has 2 saturated heterocycles. The number of rotatable bonds is 14. The summed E-state index contributed by atoms with van der Waals surface area (Å²) in [5.74, 6) is -16.1. The second kappa shape index (κ2) is 31.0. The lowest BCUT2D eigenvalue weighted by molar-refractivity contribution is -0.330. The van der Waals surface area contributed by atoms with E-state index in [4.69, 9.17) is 63.1 Å². The SMILES string of the molecule is CN[C@H](CC(C)C)C(=O)N[C@H]1C(=O)N[C@@H](CC(N)=O)C(=O)N[C@H]2C(=O)NC3C(=O)N[C@H](C(=O)N[C@H](C(=O)O)c4cc(O)cc(O)c4-c4cc3ccc4O)[C@H](O)c3ccc(c(Cl)c3)Oc3cc2cc(c3OC2OC(CN=[N+]=[N-])C(O)C(O)C2OC2CC(C)(N)C(O)C(C)O2)Oc2ccc(cc2Cl)[C@H]1O. The molecule has 18 atom stereocenters. The van der Waals surface area contributed by atoms with Crippen LogP contribution in [0.2, 0.25) is 10.0 Å². The van der Waals surface area contributed by atoms with Crippen molar-refractivity contribution in [3.63, 3.8) is 0 Å². The van der Waals surface area contributed by atoms with Crippen LogP contribution in [-0.2, 0) is 52.6 Å². The fourth-order valence-electron chi connectivity index (χ4n) is 12.6. The molecule has 12 rings (SSSR count). The number of nitrogens with zero attached hydrogens (tertiary/aromatic N) is 3. The van der Waals surface area contributed by atoms with Crippen LogP contribution >= 0.6 is 23.2 Å². The summed E-state index contributed by atoms with van der Waals surface area (Å²) in [6.45, 7) is 5.94. The molecule has 7 heterocycles. The minimum absolute atomic E-state index is 0.103. The number of hydrogen-bond acceptors (Lipinski definition) is 25. The Morgan fingerprint density at radius 1 is 0.748 bits per heavy atom. The molecular formula is C66H74Cl2N12O23. The number of benzene rings is 5. The Morgan fingerprint density at radius 3 is 1.95 bits per heavy atom. The fraction of sp³-hybridized carbons (Fsp3) is 0.424. The van der Waals surface area contributed by atoms with E-state index in [1.807, 2.05) is 13.8 Å². The number of phenolic OH excluding ortho intramolecular Hbond substituents is 3. The van der Waals surface area contributed by atoms with Crippen LogP contribution < -0.4 is 62.9 Å². The van der Waals surface area contributed by atoms with Crippen LogP contribution in [0.25, 0.3) is 21.6 Å². The maximum absolute atomic E-state index is 16.1. The highest BCUT2D eigenvalue weighted by molar-refractivity contribution is 6.32. The molecule has 0 aromatic heterocycles. The first-order valence-electron chi connectivity index (χ1n) is 32.0. The summed E-state index contributed by atoms with van der Waals surface area (Å²) < 4.78 is 38.6. The zero-order chi connectivity index (χ0) is 75.0. The van der Waals surface area contributed by atoms with Gasteiger partial charge < -0.3 is 123 Å². The van der Waals surface area contributed by atoms with Crippen molar-refractivity contribution in [2.75, 3.05) is 13.6 Å². The van der Waals surface area contributed by atoms with E-state index in [-0.39, 0.29) is 46.2 Å². The van der Waals surface area contributed by atoms with Crippen molar-refractivity contribution in [1.29, 1.82) is 0 Å². The number of amides is 7. The van der Waals surface area contributed by atoms with Crippen molar-refractivity contribution in [3.05, 3.63) is 127 Å². The summed E-state index contributed by atoms with van der Waals surface area (Å²) in [5, 5.41) is 124.